The highest BCUT2D eigenvalue weighted by Gasteiger charge is 2.25. The number of methoxy groups -OCH3 is 3. The second-order valence-corrected chi connectivity index (χ2v) is 6.73. The Hall–Kier alpha value is -0.880. The van der Waals surface area contributed by atoms with Gasteiger partial charge in [-0.05, 0) is 36.5 Å². The number of halogens is 2. The van der Waals surface area contributed by atoms with Gasteiger partial charge in [0.1, 0.15) is 0 Å². The molecular formula is C19H34Cl2N2O3. The molecule has 1 heterocycles. The van der Waals surface area contributed by atoms with Crippen molar-refractivity contribution in [3.05, 3.63) is 17.7 Å². The molecule has 1 aromatic carbocycles. The molecule has 0 unspecified atom stereocenters. The van der Waals surface area contributed by atoms with Gasteiger partial charge in [-0.3, -0.25) is 4.90 Å². The molecule has 2 rings (SSSR count). The van der Waals surface area contributed by atoms with Crippen molar-refractivity contribution in [2.24, 2.45) is 5.92 Å². The van der Waals surface area contributed by atoms with Gasteiger partial charge in [-0.1, -0.05) is 13.8 Å². The zero-order valence-corrected chi connectivity index (χ0v) is 18.2. The molecule has 1 fully saturated rings. The van der Waals surface area contributed by atoms with Crippen LogP contribution in [0.25, 0.3) is 0 Å². The normalized spacial score (nSPS) is 15.6. The fraction of sp³-hybridized carbons (Fsp3) is 0.684. The molecule has 0 bridgehead atoms. The molecule has 0 aliphatic carbocycles. The van der Waals surface area contributed by atoms with Crippen molar-refractivity contribution in [2.45, 2.75) is 32.7 Å². The van der Waals surface area contributed by atoms with E-state index in [1.165, 1.54) is 12.0 Å². The van der Waals surface area contributed by atoms with Crippen LogP contribution in [0.4, 0.5) is 0 Å². The van der Waals surface area contributed by atoms with E-state index in [1.807, 2.05) is 0 Å². The predicted octanol–water partition coefficient (Wildman–Crippen LogP) is 3.94. The smallest absolute Gasteiger partial charge is 0.203 e. The molecule has 0 amide bonds. The Morgan fingerprint density at radius 3 is 1.88 bits per heavy atom. The van der Waals surface area contributed by atoms with Gasteiger partial charge in [0.25, 0.3) is 0 Å². The summed E-state index contributed by atoms with van der Waals surface area (Å²) in [5, 5.41) is 3.44. The van der Waals surface area contributed by atoms with Crippen LogP contribution in [0.5, 0.6) is 17.2 Å². The molecule has 1 aromatic rings. The molecule has 0 saturated carbocycles. The molecule has 1 aliphatic rings. The summed E-state index contributed by atoms with van der Waals surface area (Å²) in [6.07, 6.45) is 2.33. The number of benzene rings is 1. The highest BCUT2D eigenvalue weighted by molar-refractivity contribution is 5.85. The molecule has 1 N–H and O–H groups in total. The van der Waals surface area contributed by atoms with Gasteiger partial charge >= 0.3 is 0 Å². The Balaban J connectivity index is 0.00000312. The summed E-state index contributed by atoms with van der Waals surface area (Å²) in [6.45, 7) is 8.79. The molecule has 1 atom stereocenters. The van der Waals surface area contributed by atoms with Gasteiger partial charge in [0.05, 0.1) is 21.3 Å². The van der Waals surface area contributed by atoms with Crippen LogP contribution in [0.2, 0.25) is 0 Å². The summed E-state index contributed by atoms with van der Waals surface area (Å²) in [5.74, 6) is 2.82. The number of piperazine rings is 1. The largest absolute Gasteiger partial charge is 0.493 e. The molecule has 1 aliphatic heterocycles. The van der Waals surface area contributed by atoms with E-state index in [9.17, 15) is 0 Å². The van der Waals surface area contributed by atoms with Crippen molar-refractivity contribution in [1.29, 1.82) is 0 Å². The van der Waals surface area contributed by atoms with Crippen LogP contribution < -0.4 is 19.5 Å². The van der Waals surface area contributed by atoms with Crippen LogP contribution in [0.15, 0.2) is 12.1 Å². The second kappa shape index (κ2) is 12.5. The van der Waals surface area contributed by atoms with E-state index in [4.69, 9.17) is 14.2 Å². The lowest BCUT2D eigenvalue weighted by atomic mass is 9.95. The Kier molecular flexibility index (Phi) is 12.1. The maximum atomic E-state index is 5.55. The van der Waals surface area contributed by atoms with E-state index in [0.717, 1.165) is 44.1 Å². The first kappa shape index (κ1) is 25.1. The van der Waals surface area contributed by atoms with Gasteiger partial charge < -0.3 is 19.5 Å². The first-order chi connectivity index (χ1) is 11.6. The molecule has 7 heteroatoms. The van der Waals surface area contributed by atoms with E-state index in [0.29, 0.717) is 17.7 Å². The van der Waals surface area contributed by atoms with Crippen molar-refractivity contribution in [3.63, 3.8) is 0 Å². The topological polar surface area (TPSA) is 43.0 Å². The zero-order valence-electron chi connectivity index (χ0n) is 16.5. The average molecular weight is 409 g/mol. The average Bonchev–Trinajstić information content (AvgIpc) is 2.61. The maximum absolute atomic E-state index is 5.55. The van der Waals surface area contributed by atoms with Crippen molar-refractivity contribution in [2.75, 3.05) is 47.5 Å². The SMILES string of the molecule is COc1cc([C@@H](CCC(C)C)N2CCNCC2)cc(OC)c1OC.Cl.Cl. The van der Waals surface area contributed by atoms with Crippen LogP contribution in [0.1, 0.15) is 38.3 Å². The van der Waals surface area contributed by atoms with Gasteiger partial charge in [0, 0.05) is 32.2 Å². The molecular weight excluding hydrogens is 375 g/mol. The Labute approximate surface area is 170 Å². The number of nitrogens with zero attached hydrogens (tertiary/aromatic N) is 1. The zero-order chi connectivity index (χ0) is 17.5. The summed E-state index contributed by atoms with van der Waals surface area (Å²) in [6, 6.07) is 4.59. The van der Waals surface area contributed by atoms with Crippen molar-refractivity contribution in [1.82, 2.24) is 10.2 Å². The molecule has 5 nitrogen and oxygen atoms in total. The fourth-order valence-corrected chi connectivity index (χ4v) is 3.34. The van der Waals surface area contributed by atoms with E-state index in [-0.39, 0.29) is 24.8 Å². The van der Waals surface area contributed by atoms with E-state index in [2.05, 4.69) is 36.2 Å². The van der Waals surface area contributed by atoms with Gasteiger partial charge in [-0.15, -0.1) is 24.8 Å². The second-order valence-electron chi connectivity index (χ2n) is 6.73. The lowest BCUT2D eigenvalue weighted by Crippen LogP contribution is -2.45. The highest BCUT2D eigenvalue weighted by atomic mass is 35.5. The minimum Gasteiger partial charge on any atom is -0.493 e. The summed E-state index contributed by atoms with van der Waals surface area (Å²) in [4.78, 5) is 2.57. The van der Waals surface area contributed by atoms with Gasteiger partial charge in [0.2, 0.25) is 5.75 Å². The first-order valence-corrected chi connectivity index (χ1v) is 8.85. The molecule has 0 spiro atoms. The summed E-state index contributed by atoms with van der Waals surface area (Å²) < 4.78 is 16.6. The standard InChI is InChI=1S/C19H32N2O3.2ClH/c1-14(2)6-7-16(21-10-8-20-9-11-21)15-12-17(22-3)19(24-5)18(13-15)23-4;;/h12-14,16,20H,6-11H2,1-5H3;2*1H/t16-;;/m1../s1. The van der Waals surface area contributed by atoms with E-state index < -0.39 is 0 Å². The Bertz CT molecular complexity index is 499. The first-order valence-electron chi connectivity index (χ1n) is 8.85. The number of hydrogen-bond acceptors (Lipinski definition) is 5. The fourth-order valence-electron chi connectivity index (χ4n) is 3.34. The third kappa shape index (κ3) is 6.38. The lowest BCUT2D eigenvalue weighted by Gasteiger charge is -2.36. The van der Waals surface area contributed by atoms with Crippen molar-refractivity contribution in [3.8, 4) is 17.2 Å². The quantitative estimate of drug-likeness (QED) is 0.705. The van der Waals surface area contributed by atoms with Crippen molar-refractivity contribution >= 4 is 24.8 Å². The highest BCUT2D eigenvalue weighted by Crippen LogP contribution is 2.41. The minimum absolute atomic E-state index is 0. The van der Waals surface area contributed by atoms with Gasteiger partial charge in [-0.25, -0.2) is 0 Å². The maximum Gasteiger partial charge on any atom is 0.203 e. The monoisotopic (exact) mass is 408 g/mol. The van der Waals surface area contributed by atoms with Crippen LogP contribution in [0, 0.1) is 5.92 Å². The molecule has 26 heavy (non-hydrogen) atoms. The number of nitrogens with one attached hydrogen (secondary N) is 1. The number of rotatable bonds is 8. The molecule has 152 valence electrons. The van der Waals surface area contributed by atoms with Crippen LogP contribution in [-0.2, 0) is 0 Å². The van der Waals surface area contributed by atoms with Crippen LogP contribution >= 0.6 is 24.8 Å². The Morgan fingerprint density at radius 1 is 0.923 bits per heavy atom. The number of ether oxygens (including phenoxy) is 3. The minimum atomic E-state index is 0. The summed E-state index contributed by atoms with van der Waals surface area (Å²) >= 11 is 0. The lowest BCUT2D eigenvalue weighted by molar-refractivity contribution is 0.159. The third-order valence-electron chi connectivity index (χ3n) is 4.68. The Morgan fingerprint density at radius 2 is 1.46 bits per heavy atom. The third-order valence-corrected chi connectivity index (χ3v) is 4.68. The van der Waals surface area contributed by atoms with Crippen molar-refractivity contribution < 1.29 is 14.2 Å². The van der Waals surface area contributed by atoms with Crippen LogP contribution in [0.3, 0.4) is 0 Å². The number of hydrogen-bond donors (Lipinski definition) is 1. The molecule has 0 radical (unpaired) electrons. The molecule has 1 saturated heterocycles. The summed E-state index contributed by atoms with van der Waals surface area (Å²) in [7, 11) is 5.00. The van der Waals surface area contributed by atoms with Gasteiger partial charge in [0.15, 0.2) is 11.5 Å². The summed E-state index contributed by atoms with van der Waals surface area (Å²) in [5.41, 5.74) is 1.24. The predicted molar refractivity (Wildman–Crippen MR) is 112 cm³/mol. The van der Waals surface area contributed by atoms with E-state index in [1.54, 1.807) is 21.3 Å². The van der Waals surface area contributed by atoms with Gasteiger partial charge in [-0.2, -0.15) is 0 Å². The van der Waals surface area contributed by atoms with Crippen LogP contribution in [-0.4, -0.2) is 52.4 Å². The van der Waals surface area contributed by atoms with E-state index >= 15 is 0 Å². The molecule has 0 aromatic heterocycles.